The Bertz CT molecular complexity index is 1020. The third-order valence-electron chi connectivity index (χ3n) is 6.10. The Morgan fingerprint density at radius 3 is 2.38 bits per heavy atom. The van der Waals surface area contributed by atoms with Gasteiger partial charge in [0, 0.05) is 23.3 Å². The first kappa shape index (κ1) is 20.0. The van der Waals surface area contributed by atoms with Crippen molar-refractivity contribution in [1.82, 2.24) is 0 Å². The highest BCUT2D eigenvalue weighted by Gasteiger charge is 2.37. The Morgan fingerprint density at radius 2 is 1.79 bits per heavy atom. The van der Waals surface area contributed by atoms with Gasteiger partial charge in [-0.25, -0.2) is 8.42 Å². The molecule has 1 fully saturated rings. The van der Waals surface area contributed by atoms with Crippen LogP contribution < -0.4 is 9.62 Å². The third kappa shape index (κ3) is 3.78. The summed E-state index contributed by atoms with van der Waals surface area (Å²) < 4.78 is 28.4. The number of carbonyl (C=O) groups is 1. The first-order chi connectivity index (χ1) is 13.8. The molecule has 1 aliphatic heterocycles. The smallest absolute Gasteiger partial charge is 0.261 e. The van der Waals surface area contributed by atoms with Gasteiger partial charge >= 0.3 is 0 Å². The number of amides is 1. The Balaban J connectivity index is 1.56. The van der Waals surface area contributed by atoms with E-state index in [1.165, 1.54) is 0 Å². The molecule has 0 aromatic heterocycles. The number of benzene rings is 2. The van der Waals surface area contributed by atoms with Crippen molar-refractivity contribution >= 4 is 27.3 Å². The second kappa shape index (κ2) is 7.48. The summed E-state index contributed by atoms with van der Waals surface area (Å²) in [7, 11) is -3.69. The average Bonchev–Trinajstić information content (AvgIpc) is 2.95. The molecule has 0 spiro atoms. The number of sulfonamides is 1. The highest BCUT2D eigenvalue weighted by molar-refractivity contribution is 7.92. The van der Waals surface area contributed by atoms with Crippen LogP contribution >= 0.6 is 0 Å². The van der Waals surface area contributed by atoms with Crippen LogP contribution in [-0.2, 0) is 21.2 Å². The largest absolute Gasteiger partial charge is 0.309 e. The number of nitrogens with one attached hydrogen (secondary N) is 1. The van der Waals surface area contributed by atoms with E-state index in [-0.39, 0.29) is 22.8 Å². The summed E-state index contributed by atoms with van der Waals surface area (Å²) in [6, 6.07) is 12.6. The zero-order valence-corrected chi connectivity index (χ0v) is 18.0. The Kier molecular flexibility index (Phi) is 5.15. The molecule has 0 bridgehead atoms. The molecule has 0 unspecified atom stereocenters. The summed E-state index contributed by atoms with van der Waals surface area (Å²) >= 11 is 0. The maximum absolute atomic E-state index is 12.9. The van der Waals surface area contributed by atoms with Crippen molar-refractivity contribution in [2.24, 2.45) is 5.92 Å². The van der Waals surface area contributed by atoms with E-state index in [2.05, 4.69) is 18.6 Å². The monoisotopic (exact) mass is 412 g/mol. The highest BCUT2D eigenvalue weighted by atomic mass is 32.2. The van der Waals surface area contributed by atoms with E-state index >= 15 is 0 Å². The molecule has 5 nitrogen and oxygen atoms in total. The van der Waals surface area contributed by atoms with Gasteiger partial charge in [-0.3, -0.25) is 9.52 Å². The molecule has 2 aromatic rings. The Hall–Kier alpha value is -2.34. The molecule has 0 saturated heterocycles. The molecular weight excluding hydrogens is 384 g/mol. The fraction of sp³-hybridized carbons (Fsp3) is 0.435. The topological polar surface area (TPSA) is 66.5 Å². The quantitative estimate of drug-likeness (QED) is 0.775. The van der Waals surface area contributed by atoms with Gasteiger partial charge in [-0.05, 0) is 73.6 Å². The van der Waals surface area contributed by atoms with Crippen LogP contribution in [0.3, 0.4) is 0 Å². The van der Waals surface area contributed by atoms with Gasteiger partial charge < -0.3 is 4.90 Å². The molecule has 29 heavy (non-hydrogen) atoms. The summed E-state index contributed by atoms with van der Waals surface area (Å²) in [6.07, 6.45) is 3.72. The van der Waals surface area contributed by atoms with Gasteiger partial charge in [0.2, 0.25) is 5.91 Å². The average molecular weight is 413 g/mol. The third-order valence-corrected chi connectivity index (χ3v) is 7.48. The Labute approximate surface area is 173 Å². The van der Waals surface area contributed by atoms with Crippen LogP contribution in [0, 0.1) is 5.92 Å². The lowest BCUT2D eigenvalue weighted by Crippen LogP contribution is -2.42. The number of nitrogens with zero attached hydrogens (tertiary/aromatic N) is 1. The summed E-state index contributed by atoms with van der Waals surface area (Å²) in [5, 5.41) is 0. The van der Waals surface area contributed by atoms with E-state index in [1.807, 2.05) is 24.0 Å². The summed E-state index contributed by atoms with van der Waals surface area (Å²) in [5.74, 6) is 0.703. The van der Waals surface area contributed by atoms with Crippen LogP contribution in [0.1, 0.15) is 57.1 Å². The molecule has 6 heteroatoms. The number of hydrogen-bond acceptors (Lipinski definition) is 3. The van der Waals surface area contributed by atoms with E-state index in [9.17, 15) is 13.2 Å². The molecular formula is C23H28N2O3S. The molecule has 1 saturated carbocycles. The van der Waals surface area contributed by atoms with Gasteiger partial charge in [0.1, 0.15) is 0 Å². The lowest BCUT2D eigenvalue weighted by molar-refractivity contribution is -0.125. The summed E-state index contributed by atoms with van der Waals surface area (Å²) in [5.41, 5.74) is 3.48. The van der Waals surface area contributed by atoms with Gasteiger partial charge in [-0.1, -0.05) is 32.4 Å². The van der Waals surface area contributed by atoms with Crippen LogP contribution in [0.25, 0.3) is 0 Å². The number of anilines is 2. The molecule has 1 aliphatic carbocycles. The first-order valence-corrected chi connectivity index (χ1v) is 11.8. The molecule has 154 valence electrons. The minimum absolute atomic E-state index is 0.0626. The van der Waals surface area contributed by atoms with Crippen molar-refractivity contribution in [3.63, 3.8) is 0 Å². The SMILES string of the molecule is CC(C)c1ccc(NS(=O)(=O)c2ccc3c(c2)C[C@H](C)N3C(=O)C2CCC2)cc1. The van der Waals surface area contributed by atoms with Crippen LogP contribution in [0.2, 0.25) is 0 Å². The van der Waals surface area contributed by atoms with Crippen molar-refractivity contribution in [2.75, 3.05) is 9.62 Å². The second-order valence-electron chi connectivity index (χ2n) is 8.56. The zero-order chi connectivity index (χ0) is 20.8. The first-order valence-electron chi connectivity index (χ1n) is 10.3. The van der Waals surface area contributed by atoms with Crippen LogP contribution in [0.4, 0.5) is 11.4 Å². The van der Waals surface area contributed by atoms with Crippen LogP contribution in [0.15, 0.2) is 47.4 Å². The molecule has 1 heterocycles. The molecule has 1 amide bonds. The van der Waals surface area contributed by atoms with E-state index in [1.54, 1.807) is 30.3 Å². The van der Waals surface area contributed by atoms with Crippen LogP contribution in [-0.4, -0.2) is 20.4 Å². The fourth-order valence-corrected chi connectivity index (χ4v) is 5.22. The van der Waals surface area contributed by atoms with Crippen molar-refractivity contribution in [1.29, 1.82) is 0 Å². The second-order valence-corrected chi connectivity index (χ2v) is 10.2. The van der Waals surface area contributed by atoms with E-state index in [0.29, 0.717) is 18.0 Å². The predicted molar refractivity (Wildman–Crippen MR) is 116 cm³/mol. The normalized spacial score (nSPS) is 19.2. The lowest BCUT2D eigenvalue weighted by atomic mass is 9.84. The summed E-state index contributed by atoms with van der Waals surface area (Å²) in [4.78, 5) is 14.9. The number of fused-ring (bicyclic) bond motifs is 1. The maximum Gasteiger partial charge on any atom is 0.261 e. The molecule has 1 atom stereocenters. The van der Waals surface area contributed by atoms with Crippen molar-refractivity contribution < 1.29 is 13.2 Å². The fourth-order valence-electron chi connectivity index (χ4n) is 4.11. The molecule has 2 aromatic carbocycles. The van der Waals surface area contributed by atoms with Gasteiger partial charge in [0.15, 0.2) is 0 Å². The highest BCUT2D eigenvalue weighted by Crippen LogP contribution is 2.38. The van der Waals surface area contributed by atoms with E-state index in [0.717, 1.165) is 36.1 Å². The molecule has 4 rings (SSSR count). The molecule has 1 N–H and O–H groups in total. The van der Waals surface area contributed by atoms with Crippen LogP contribution in [0.5, 0.6) is 0 Å². The minimum Gasteiger partial charge on any atom is -0.309 e. The maximum atomic E-state index is 12.9. The van der Waals surface area contributed by atoms with Crippen molar-refractivity contribution in [3.05, 3.63) is 53.6 Å². The predicted octanol–water partition coefficient (Wildman–Crippen LogP) is 4.69. The zero-order valence-electron chi connectivity index (χ0n) is 17.2. The van der Waals surface area contributed by atoms with Gasteiger partial charge in [0.05, 0.1) is 4.90 Å². The van der Waals surface area contributed by atoms with Gasteiger partial charge in [-0.15, -0.1) is 0 Å². The molecule has 0 radical (unpaired) electrons. The van der Waals surface area contributed by atoms with Gasteiger partial charge in [0.25, 0.3) is 10.0 Å². The van der Waals surface area contributed by atoms with E-state index < -0.39 is 10.0 Å². The standard InChI is InChI=1S/C23H28N2O3S/c1-15(2)17-7-9-20(10-8-17)24-29(27,28)21-11-12-22-19(14-21)13-16(3)25(22)23(26)18-5-4-6-18/h7-12,14-16,18,24H,4-6,13H2,1-3H3/t16-/m0/s1. The number of carbonyl (C=O) groups excluding carboxylic acids is 1. The Morgan fingerprint density at radius 1 is 1.10 bits per heavy atom. The van der Waals surface area contributed by atoms with Crippen molar-refractivity contribution in [3.8, 4) is 0 Å². The number of rotatable bonds is 5. The minimum atomic E-state index is -3.69. The van der Waals surface area contributed by atoms with E-state index in [4.69, 9.17) is 0 Å². The molecule has 2 aliphatic rings. The van der Waals surface area contributed by atoms with Gasteiger partial charge in [-0.2, -0.15) is 0 Å². The summed E-state index contributed by atoms with van der Waals surface area (Å²) in [6.45, 7) is 6.23. The lowest BCUT2D eigenvalue weighted by Gasteiger charge is -2.32. The van der Waals surface area contributed by atoms with Crippen molar-refractivity contribution in [2.45, 2.75) is 63.3 Å². The number of hydrogen-bond donors (Lipinski definition) is 1.